The molecule has 0 atom stereocenters. The van der Waals surface area contributed by atoms with Crippen molar-refractivity contribution >= 4 is 46.4 Å². The third-order valence-corrected chi connectivity index (χ3v) is 3.23. The number of rotatable bonds is 2. The van der Waals surface area contributed by atoms with Crippen LogP contribution in [0.3, 0.4) is 0 Å². The van der Waals surface area contributed by atoms with E-state index in [0.717, 1.165) is 0 Å². The van der Waals surface area contributed by atoms with Gasteiger partial charge in [0.2, 0.25) is 0 Å². The Morgan fingerprint density at radius 2 is 1.89 bits per heavy atom. The van der Waals surface area contributed by atoms with E-state index in [1.54, 1.807) is 24.3 Å². The van der Waals surface area contributed by atoms with Gasteiger partial charge in [-0.1, -0.05) is 40.9 Å². The summed E-state index contributed by atoms with van der Waals surface area (Å²) in [6, 6.07) is 8.11. The first kappa shape index (κ1) is 13.1. The van der Waals surface area contributed by atoms with Crippen molar-refractivity contribution in [2.45, 2.75) is 0 Å². The average molecular weight is 302 g/mol. The molecule has 0 fully saturated rings. The SMILES string of the molecule is O=C(Nc1cccc(Cl)c1Cl)c1ccc(Cl)nc1. The molecule has 1 aromatic heterocycles. The second-order valence-corrected chi connectivity index (χ2v) is 4.60. The highest BCUT2D eigenvalue weighted by molar-refractivity contribution is 6.44. The van der Waals surface area contributed by atoms with Gasteiger partial charge < -0.3 is 5.32 Å². The van der Waals surface area contributed by atoms with Gasteiger partial charge in [-0.3, -0.25) is 4.79 Å². The van der Waals surface area contributed by atoms with Crippen LogP contribution in [0.2, 0.25) is 15.2 Å². The van der Waals surface area contributed by atoms with E-state index in [1.807, 2.05) is 0 Å². The van der Waals surface area contributed by atoms with Crippen molar-refractivity contribution in [1.82, 2.24) is 4.98 Å². The molecule has 0 aliphatic carbocycles. The van der Waals surface area contributed by atoms with Crippen LogP contribution in [0.15, 0.2) is 36.5 Å². The Kier molecular flexibility index (Phi) is 4.07. The molecule has 1 amide bonds. The molecule has 1 N–H and O–H groups in total. The number of aromatic nitrogens is 1. The highest BCUT2D eigenvalue weighted by Crippen LogP contribution is 2.29. The van der Waals surface area contributed by atoms with Crippen molar-refractivity contribution in [1.29, 1.82) is 0 Å². The molecule has 0 saturated carbocycles. The molecule has 18 heavy (non-hydrogen) atoms. The van der Waals surface area contributed by atoms with E-state index in [9.17, 15) is 4.79 Å². The van der Waals surface area contributed by atoms with Crippen LogP contribution in [-0.2, 0) is 0 Å². The van der Waals surface area contributed by atoms with Crippen molar-refractivity contribution in [2.75, 3.05) is 5.32 Å². The topological polar surface area (TPSA) is 42.0 Å². The van der Waals surface area contributed by atoms with Crippen LogP contribution in [0.5, 0.6) is 0 Å². The third kappa shape index (κ3) is 2.93. The van der Waals surface area contributed by atoms with Gasteiger partial charge in [0.05, 0.1) is 21.3 Å². The number of nitrogens with one attached hydrogen (secondary N) is 1. The number of anilines is 1. The lowest BCUT2D eigenvalue weighted by atomic mass is 10.2. The van der Waals surface area contributed by atoms with Gasteiger partial charge in [-0.05, 0) is 24.3 Å². The monoisotopic (exact) mass is 300 g/mol. The standard InChI is InChI=1S/C12H7Cl3N2O/c13-8-2-1-3-9(11(8)15)17-12(18)7-4-5-10(14)16-6-7/h1-6H,(H,17,18). The van der Waals surface area contributed by atoms with Crippen LogP contribution in [0.25, 0.3) is 0 Å². The zero-order chi connectivity index (χ0) is 13.1. The lowest BCUT2D eigenvalue weighted by molar-refractivity contribution is 0.102. The summed E-state index contributed by atoms with van der Waals surface area (Å²) < 4.78 is 0. The predicted molar refractivity (Wildman–Crippen MR) is 73.7 cm³/mol. The summed E-state index contributed by atoms with van der Waals surface area (Å²) in [5.74, 6) is -0.330. The lowest BCUT2D eigenvalue weighted by Gasteiger charge is -2.07. The maximum Gasteiger partial charge on any atom is 0.257 e. The Balaban J connectivity index is 2.21. The van der Waals surface area contributed by atoms with Crippen LogP contribution < -0.4 is 5.32 Å². The van der Waals surface area contributed by atoms with E-state index in [1.165, 1.54) is 12.3 Å². The Hall–Kier alpha value is -1.29. The van der Waals surface area contributed by atoms with Crippen LogP contribution in [0.4, 0.5) is 5.69 Å². The minimum Gasteiger partial charge on any atom is -0.321 e. The fraction of sp³-hybridized carbons (Fsp3) is 0. The molecule has 2 aromatic rings. The van der Waals surface area contributed by atoms with E-state index in [2.05, 4.69) is 10.3 Å². The summed E-state index contributed by atoms with van der Waals surface area (Å²) >= 11 is 17.5. The smallest absolute Gasteiger partial charge is 0.257 e. The van der Waals surface area contributed by atoms with Crippen LogP contribution in [0.1, 0.15) is 10.4 Å². The van der Waals surface area contributed by atoms with Crippen molar-refractivity contribution < 1.29 is 4.79 Å². The molecule has 0 saturated heterocycles. The largest absolute Gasteiger partial charge is 0.321 e. The molecule has 6 heteroatoms. The number of carbonyl (C=O) groups excluding carboxylic acids is 1. The Morgan fingerprint density at radius 3 is 2.56 bits per heavy atom. The average Bonchev–Trinajstić information content (AvgIpc) is 2.36. The van der Waals surface area contributed by atoms with Crippen LogP contribution in [-0.4, -0.2) is 10.9 Å². The molecule has 0 radical (unpaired) electrons. The Morgan fingerprint density at radius 1 is 1.11 bits per heavy atom. The first-order chi connectivity index (χ1) is 8.58. The summed E-state index contributed by atoms with van der Waals surface area (Å²) in [4.78, 5) is 15.7. The predicted octanol–water partition coefficient (Wildman–Crippen LogP) is 4.29. The molecule has 3 nitrogen and oxygen atoms in total. The van der Waals surface area contributed by atoms with E-state index in [4.69, 9.17) is 34.8 Å². The van der Waals surface area contributed by atoms with Gasteiger partial charge in [0, 0.05) is 6.20 Å². The number of amides is 1. The number of pyridine rings is 1. The normalized spacial score (nSPS) is 10.2. The van der Waals surface area contributed by atoms with Crippen LogP contribution in [0, 0.1) is 0 Å². The van der Waals surface area contributed by atoms with Crippen molar-refractivity contribution in [3.63, 3.8) is 0 Å². The highest BCUT2D eigenvalue weighted by Gasteiger charge is 2.10. The van der Waals surface area contributed by atoms with Gasteiger partial charge in [-0.25, -0.2) is 4.98 Å². The quantitative estimate of drug-likeness (QED) is 0.841. The highest BCUT2D eigenvalue weighted by atomic mass is 35.5. The molecule has 92 valence electrons. The van der Waals surface area contributed by atoms with E-state index in [-0.39, 0.29) is 5.91 Å². The van der Waals surface area contributed by atoms with E-state index >= 15 is 0 Å². The van der Waals surface area contributed by atoms with Gasteiger partial charge in [-0.2, -0.15) is 0 Å². The van der Waals surface area contributed by atoms with Gasteiger partial charge >= 0.3 is 0 Å². The third-order valence-electron chi connectivity index (χ3n) is 2.19. The van der Waals surface area contributed by atoms with Crippen molar-refractivity contribution in [2.24, 2.45) is 0 Å². The van der Waals surface area contributed by atoms with Gasteiger partial charge in [-0.15, -0.1) is 0 Å². The Bertz CT molecular complexity index is 584. The second-order valence-electron chi connectivity index (χ2n) is 3.43. The van der Waals surface area contributed by atoms with Crippen LogP contribution >= 0.6 is 34.8 Å². The summed E-state index contributed by atoms with van der Waals surface area (Å²) in [7, 11) is 0. The number of nitrogens with zero attached hydrogens (tertiary/aromatic N) is 1. The molecule has 1 heterocycles. The molecule has 0 spiro atoms. The molecule has 0 aliphatic rings. The number of hydrogen-bond donors (Lipinski definition) is 1. The minimum atomic E-state index is -0.330. The lowest BCUT2D eigenvalue weighted by Crippen LogP contribution is -2.12. The number of benzene rings is 1. The summed E-state index contributed by atoms with van der Waals surface area (Å²) in [6.07, 6.45) is 1.39. The summed E-state index contributed by atoms with van der Waals surface area (Å²) in [5, 5.41) is 3.65. The fourth-order valence-electron chi connectivity index (χ4n) is 1.30. The van der Waals surface area contributed by atoms with Gasteiger partial charge in [0.25, 0.3) is 5.91 Å². The van der Waals surface area contributed by atoms with Gasteiger partial charge in [0.1, 0.15) is 5.15 Å². The first-order valence-electron chi connectivity index (χ1n) is 4.95. The van der Waals surface area contributed by atoms with Crippen molar-refractivity contribution in [3.8, 4) is 0 Å². The van der Waals surface area contributed by atoms with E-state index in [0.29, 0.717) is 26.4 Å². The Labute approximate surface area is 119 Å². The van der Waals surface area contributed by atoms with Gasteiger partial charge in [0.15, 0.2) is 0 Å². The molecular formula is C12H7Cl3N2O. The summed E-state index contributed by atoms with van der Waals surface area (Å²) in [5.41, 5.74) is 0.833. The summed E-state index contributed by atoms with van der Waals surface area (Å²) in [6.45, 7) is 0. The number of halogens is 3. The molecule has 1 aromatic carbocycles. The molecule has 0 aliphatic heterocycles. The minimum absolute atomic E-state index is 0.300. The first-order valence-corrected chi connectivity index (χ1v) is 6.08. The fourth-order valence-corrected chi connectivity index (χ4v) is 1.76. The molecule has 0 unspecified atom stereocenters. The zero-order valence-corrected chi connectivity index (χ0v) is 11.2. The number of hydrogen-bond acceptors (Lipinski definition) is 2. The number of carbonyl (C=O) groups is 1. The maximum atomic E-state index is 11.9. The van der Waals surface area contributed by atoms with E-state index < -0.39 is 0 Å². The molecule has 0 bridgehead atoms. The maximum absolute atomic E-state index is 11.9. The second kappa shape index (κ2) is 5.57. The molecule has 2 rings (SSSR count). The van der Waals surface area contributed by atoms with Crippen molar-refractivity contribution in [3.05, 3.63) is 57.3 Å². The zero-order valence-electron chi connectivity index (χ0n) is 8.95. The molecular weight excluding hydrogens is 295 g/mol.